The molecule has 0 saturated heterocycles. The van der Waals surface area contributed by atoms with Crippen LogP contribution in [0.4, 0.5) is 5.69 Å². The number of rotatable bonds is 6. The van der Waals surface area contributed by atoms with Gasteiger partial charge in [0.2, 0.25) is 11.8 Å². The maximum Gasteiger partial charge on any atom is 0.243 e. The molecule has 8 nitrogen and oxygen atoms in total. The lowest BCUT2D eigenvalue weighted by molar-refractivity contribution is -0.123. The summed E-state index contributed by atoms with van der Waals surface area (Å²) in [7, 11) is 0. The van der Waals surface area contributed by atoms with Crippen LogP contribution in [0.15, 0.2) is 24.3 Å². The Kier molecular flexibility index (Phi) is 7.34. The summed E-state index contributed by atoms with van der Waals surface area (Å²) in [6, 6.07) is 7.21. The number of carbonyl (C=O) groups excluding carboxylic acids is 2. The molecule has 0 saturated carbocycles. The van der Waals surface area contributed by atoms with Gasteiger partial charge < -0.3 is 16.4 Å². The van der Waals surface area contributed by atoms with Crippen LogP contribution in [-0.2, 0) is 9.59 Å². The van der Waals surface area contributed by atoms with Crippen LogP contribution in [0.25, 0.3) is 11.4 Å². The molecule has 1 aromatic carbocycles. The highest BCUT2D eigenvalue weighted by atomic mass is 35.5. The normalized spacial score (nSPS) is 10.2. The molecule has 2 aromatic rings. The van der Waals surface area contributed by atoms with Crippen LogP contribution in [0, 0.1) is 0 Å². The van der Waals surface area contributed by atoms with Gasteiger partial charge in [0.1, 0.15) is 5.82 Å². The Bertz CT molecular complexity index is 701. The minimum atomic E-state index is -0.385. The second-order valence-corrected chi connectivity index (χ2v) is 5.27. The number of nitrogens with zero attached hydrogens (tertiary/aromatic N) is 2. The number of aromatic amines is 1. The summed E-state index contributed by atoms with van der Waals surface area (Å²) >= 11 is 0. The summed E-state index contributed by atoms with van der Waals surface area (Å²) in [5.74, 6) is 0.777. The van der Waals surface area contributed by atoms with Crippen molar-refractivity contribution in [2.24, 2.45) is 5.73 Å². The van der Waals surface area contributed by atoms with Crippen LogP contribution in [0.5, 0.6) is 0 Å². The fourth-order valence-corrected chi connectivity index (χ4v) is 1.89. The third-order valence-corrected chi connectivity index (χ3v) is 3.12. The zero-order valence-corrected chi connectivity index (χ0v) is 14.3. The maximum absolute atomic E-state index is 11.9. The van der Waals surface area contributed by atoms with Crippen molar-refractivity contribution in [1.29, 1.82) is 0 Å². The summed E-state index contributed by atoms with van der Waals surface area (Å²) in [5.41, 5.74) is 6.45. The van der Waals surface area contributed by atoms with Crippen molar-refractivity contribution >= 4 is 29.9 Å². The van der Waals surface area contributed by atoms with Gasteiger partial charge in [0.05, 0.1) is 18.8 Å². The Balaban J connectivity index is 0.00000288. The predicted molar refractivity (Wildman–Crippen MR) is 93.8 cm³/mol. The lowest BCUT2D eigenvalue weighted by atomic mass is 10.1. The van der Waals surface area contributed by atoms with E-state index in [1.807, 2.05) is 26.0 Å². The van der Waals surface area contributed by atoms with E-state index in [0.29, 0.717) is 17.1 Å². The van der Waals surface area contributed by atoms with Gasteiger partial charge in [-0.2, -0.15) is 5.10 Å². The van der Waals surface area contributed by atoms with E-state index in [-0.39, 0.29) is 43.2 Å². The zero-order chi connectivity index (χ0) is 16.8. The van der Waals surface area contributed by atoms with Crippen molar-refractivity contribution in [3.8, 4) is 11.4 Å². The highest BCUT2D eigenvalue weighted by Gasteiger charge is 2.14. The molecule has 0 bridgehead atoms. The lowest BCUT2D eigenvalue weighted by Crippen LogP contribution is -2.36. The SMILES string of the molecule is CC(C)c1nc(-c2ccccc2NC(=O)CNC(=O)CN)n[nH]1.Cl. The second-order valence-electron chi connectivity index (χ2n) is 5.27. The van der Waals surface area contributed by atoms with Crippen LogP contribution in [-0.4, -0.2) is 40.1 Å². The van der Waals surface area contributed by atoms with Gasteiger partial charge in [0.15, 0.2) is 5.82 Å². The van der Waals surface area contributed by atoms with Crippen molar-refractivity contribution in [3.63, 3.8) is 0 Å². The smallest absolute Gasteiger partial charge is 0.243 e. The molecular formula is C15H21ClN6O2. The summed E-state index contributed by atoms with van der Waals surface area (Å²) < 4.78 is 0. The van der Waals surface area contributed by atoms with E-state index in [0.717, 1.165) is 5.82 Å². The number of anilines is 1. The fourth-order valence-electron chi connectivity index (χ4n) is 1.89. The van der Waals surface area contributed by atoms with E-state index in [2.05, 4.69) is 25.8 Å². The number of benzene rings is 1. The third-order valence-electron chi connectivity index (χ3n) is 3.12. The molecule has 0 unspecified atom stereocenters. The predicted octanol–water partition coefficient (Wildman–Crippen LogP) is 1.03. The molecule has 0 aliphatic carbocycles. The Morgan fingerprint density at radius 2 is 1.96 bits per heavy atom. The van der Waals surface area contributed by atoms with Crippen molar-refractivity contribution < 1.29 is 9.59 Å². The molecule has 0 aliphatic rings. The minimum Gasteiger partial charge on any atom is -0.346 e. The summed E-state index contributed by atoms with van der Waals surface area (Å²) in [6.07, 6.45) is 0. The highest BCUT2D eigenvalue weighted by molar-refractivity contribution is 5.97. The van der Waals surface area contributed by atoms with E-state index in [1.165, 1.54) is 0 Å². The largest absolute Gasteiger partial charge is 0.346 e. The molecule has 0 spiro atoms. The third kappa shape index (κ3) is 5.04. The molecule has 0 radical (unpaired) electrons. The van der Waals surface area contributed by atoms with E-state index in [4.69, 9.17) is 5.73 Å². The molecule has 0 aliphatic heterocycles. The number of hydrogen-bond acceptors (Lipinski definition) is 5. The first-order valence-electron chi connectivity index (χ1n) is 7.29. The van der Waals surface area contributed by atoms with Crippen LogP contribution in [0.3, 0.4) is 0 Å². The Hall–Kier alpha value is -2.45. The van der Waals surface area contributed by atoms with Gasteiger partial charge >= 0.3 is 0 Å². The van der Waals surface area contributed by atoms with Crippen molar-refractivity contribution in [1.82, 2.24) is 20.5 Å². The van der Waals surface area contributed by atoms with Gasteiger partial charge in [0, 0.05) is 11.5 Å². The first-order chi connectivity index (χ1) is 11.0. The second kappa shape index (κ2) is 8.99. The average molecular weight is 353 g/mol. The zero-order valence-electron chi connectivity index (χ0n) is 13.5. The number of halogens is 1. The molecule has 9 heteroatoms. The number of nitrogens with two attached hydrogens (primary N) is 1. The number of nitrogens with one attached hydrogen (secondary N) is 3. The number of aromatic nitrogens is 3. The molecule has 5 N–H and O–H groups in total. The minimum absolute atomic E-state index is 0. The van der Waals surface area contributed by atoms with Crippen LogP contribution >= 0.6 is 12.4 Å². The molecule has 24 heavy (non-hydrogen) atoms. The van der Waals surface area contributed by atoms with Crippen LogP contribution in [0.2, 0.25) is 0 Å². The van der Waals surface area contributed by atoms with Gasteiger partial charge in [-0.05, 0) is 12.1 Å². The van der Waals surface area contributed by atoms with Crippen molar-refractivity contribution in [2.45, 2.75) is 19.8 Å². The molecule has 1 heterocycles. The summed E-state index contributed by atoms with van der Waals surface area (Å²) in [4.78, 5) is 27.4. The van der Waals surface area contributed by atoms with E-state index in [1.54, 1.807) is 12.1 Å². The van der Waals surface area contributed by atoms with Gasteiger partial charge in [-0.15, -0.1) is 12.4 Å². The van der Waals surface area contributed by atoms with Gasteiger partial charge in [-0.25, -0.2) is 4.98 Å². The topological polar surface area (TPSA) is 126 Å². The molecular weight excluding hydrogens is 332 g/mol. The standard InChI is InChI=1S/C15H20N6O2.ClH/c1-9(2)14-19-15(21-20-14)10-5-3-4-6-11(10)18-13(23)8-17-12(22)7-16;/h3-6,9H,7-8,16H2,1-2H3,(H,17,22)(H,18,23)(H,19,20,21);1H. The van der Waals surface area contributed by atoms with E-state index >= 15 is 0 Å². The molecule has 2 rings (SSSR count). The molecule has 1 aromatic heterocycles. The number of carbonyl (C=O) groups is 2. The van der Waals surface area contributed by atoms with Crippen LogP contribution < -0.4 is 16.4 Å². The quantitative estimate of drug-likeness (QED) is 0.617. The first kappa shape index (κ1) is 19.6. The van der Waals surface area contributed by atoms with Gasteiger partial charge in [-0.1, -0.05) is 26.0 Å². The van der Waals surface area contributed by atoms with Gasteiger partial charge in [0.25, 0.3) is 0 Å². The number of para-hydroxylation sites is 1. The van der Waals surface area contributed by atoms with Crippen molar-refractivity contribution in [3.05, 3.63) is 30.1 Å². The first-order valence-corrected chi connectivity index (χ1v) is 7.29. The fraction of sp³-hybridized carbons (Fsp3) is 0.333. The Morgan fingerprint density at radius 1 is 1.25 bits per heavy atom. The maximum atomic E-state index is 11.9. The van der Waals surface area contributed by atoms with E-state index < -0.39 is 0 Å². The number of hydrogen-bond donors (Lipinski definition) is 4. The molecule has 0 atom stereocenters. The Morgan fingerprint density at radius 3 is 2.58 bits per heavy atom. The monoisotopic (exact) mass is 352 g/mol. The molecule has 130 valence electrons. The number of H-pyrrole nitrogens is 1. The Labute approximate surface area is 146 Å². The number of amides is 2. The summed E-state index contributed by atoms with van der Waals surface area (Å²) in [6.45, 7) is 3.73. The van der Waals surface area contributed by atoms with Gasteiger partial charge in [-0.3, -0.25) is 14.7 Å². The van der Waals surface area contributed by atoms with Crippen molar-refractivity contribution in [2.75, 3.05) is 18.4 Å². The molecule has 0 fully saturated rings. The lowest BCUT2D eigenvalue weighted by Gasteiger charge is -2.09. The average Bonchev–Trinajstić information content (AvgIpc) is 3.03. The van der Waals surface area contributed by atoms with E-state index in [9.17, 15) is 9.59 Å². The highest BCUT2D eigenvalue weighted by Crippen LogP contribution is 2.25. The summed E-state index contributed by atoms with van der Waals surface area (Å²) in [5, 5.41) is 12.2. The van der Waals surface area contributed by atoms with Crippen LogP contribution in [0.1, 0.15) is 25.6 Å². The molecule has 2 amide bonds.